The first-order chi connectivity index (χ1) is 13.3. The van der Waals surface area contributed by atoms with Gasteiger partial charge in [0.2, 0.25) is 0 Å². The van der Waals surface area contributed by atoms with E-state index in [0.717, 1.165) is 22.7 Å². The zero-order valence-electron chi connectivity index (χ0n) is 15.3. The van der Waals surface area contributed by atoms with Gasteiger partial charge < -0.3 is 18.9 Å². The van der Waals surface area contributed by atoms with Crippen molar-refractivity contribution in [3.8, 4) is 17.2 Å². The predicted octanol–water partition coefficient (Wildman–Crippen LogP) is 3.91. The van der Waals surface area contributed by atoms with Gasteiger partial charge in [-0.1, -0.05) is 18.2 Å². The van der Waals surface area contributed by atoms with Crippen LogP contribution in [0.4, 0.5) is 0 Å². The molecule has 0 saturated heterocycles. The van der Waals surface area contributed by atoms with E-state index >= 15 is 0 Å². The Morgan fingerprint density at radius 2 is 1.81 bits per heavy atom. The highest BCUT2D eigenvalue weighted by Crippen LogP contribution is 2.34. The summed E-state index contributed by atoms with van der Waals surface area (Å²) >= 11 is 0. The molecule has 0 radical (unpaired) electrons. The molecule has 0 atom stereocenters. The molecule has 0 saturated carbocycles. The number of aromatic nitrogens is 1. The second-order valence-corrected chi connectivity index (χ2v) is 6.40. The molecular weight excluding hydrogens is 340 g/mol. The van der Waals surface area contributed by atoms with Crippen molar-refractivity contribution in [2.24, 2.45) is 0 Å². The zero-order chi connectivity index (χ0) is 18.6. The van der Waals surface area contributed by atoms with E-state index in [1.807, 2.05) is 83.4 Å². The minimum atomic E-state index is 0.000775. The molecule has 2 heterocycles. The Labute approximate surface area is 158 Å². The number of fused-ring (bicyclic) bond motifs is 1. The van der Waals surface area contributed by atoms with E-state index in [1.165, 1.54) is 0 Å². The van der Waals surface area contributed by atoms with Crippen LogP contribution >= 0.6 is 0 Å². The molecule has 0 spiro atoms. The second kappa shape index (κ2) is 7.58. The summed E-state index contributed by atoms with van der Waals surface area (Å²) in [5, 5.41) is 0. The van der Waals surface area contributed by atoms with Gasteiger partial charge in [-0.15, -0.1) is 0 Å². The molecular formula is C22H22N2O3. The van der Waals surface area contributed by atoms with Crippen LogP contribution in [-0.2, 0) is 6.54 Å². The smallest absolute Gasteiger partial charge is 0.254 e. The summed E-state index contributed by atoms with van der Waals surface area (Å²) in [6.45, 7) is 4.16. The predicted molar refractivity (Wildman–Crippen MR) is 104 cm³/mol. The third-order valence-electron chi connectivity index (χ3n) is 4.67. The van der Waals surface area contributed by atoms with Crippen LogP contribution in [0.3, 0.4) is 0 Å². The molecule has 0 fully saturated rings. The number of nitrogens with zero attached hydrogens (tertiary/aromatic N) is 2. The van der Waals surface area contributed by atoms with E-state index in [0.29, 0.717) is 31.9 Å². The van der Waals surface area contributed by atoms with E-state index in [9.17, 15) is 4.79 Å². The summed E-state index contributed by atoms with van der Waals surface area (Å²) in [7, 11) is 0. The fourth-order valence-corrected chi connectivity index (χ4v) is 3.28. The van der Waals surface area contributed by atoms with Crippen LogP contribution in [0.5, 0.6) is 11.5 Å². The summed E-state index contributed by atoms with van der Waals surface area (Å²) < 4.78 is 13.4. The maximum absolute atomic E-state index is 13.1. The molecule has 1 aliphatic heterocycles. The number of amides is 1. The van der Waals surface area contributed by atoms with Crippen molar-refractivity contribution in [2.45, 2.75) is 13.5 Å². The van der Waals surface area contributed by atoms with E-state index in [1.54, 1.807) is 0 Å². The minimum Gasteiger partial charge on any atom is -0.486 e. The number of carbonyl (C=O) groups is 1. The van der Waals surface area contributed by atoms with Crippen molar-refractivity contribution >= 4 is 5.91 Å². The Balaban J connectivity index is 1.58. The lowest BCUT2D eigenvalue weighted by molar-refractivity contribution is 0.0749. The lowest BCUT2D eigenvalue weighted by atomic mass is 10.1. The molecule has 2 aromatic carbocycles. The number of rotatable bonds is 5. The Morgan fingerprint density at radius 1 is 1.04 bits per heavy atom. The molecule has 138 valence electrons. The van der Waals surface area contributed by atoms with Gasteiger partial charge in [0.25, 0.3) is 5.91 Å². The fraction of sp³-hybridized carbons (Fsp3) is 0.227. The number of carbonyl (C=O) groups excluding carboxylic acids is 1. The van der Waals surface area contributed by atoms with Crippen molar-refractivity contribution in [3.05, 3.63) is 78.1 Å². The lowest BCUT2D eigenvalue weighted by Gasteiger charge is -2.25. The largest absolute Gasteiger partial charge is 0.486 e. The van der Waals surface area contributed by atoms with E-state index < -0.39 is 0 Å². The van der Waals surface area contributed by atoms with Crippen molar-refractivity contribution < 1.29 is 14.3 Å². The number of hydrogen-bond acceptors (Lipinski definition) is 3. The fourth-order valence-electron chi connectivity index (χ4n) is 3.28. The summed E-state index contributed by atoms with van der Waals surface area (Å²) in [5.41, 5.74) is 2.60. The number of benzene rings is 2. The van der Waals surface area contributed by atoms with Crippen LogP contribution in [0.25, 0.3) is 5.69 Å². The number of ether oxygens (including phenoxy) is 2. The molecule has 1 aliphatic rings. The molecule has 27 heavy (non-hydrogen) atoms. The Hall–Kier alpha value is -3.21. The van der Waals surface area contributed by atoms with Gasteiger partial charge in [-0.3, -0.25) is 4.79 Å². The van der Waals surface area contributed by atoms with E-state index in [4.69, 9.17) is 9.47 Å². The normalized spacial score (nSPS) is 12.6. The first-order valence-corrected chi connectivity index (χ1v) is 9.16. The third-order valence-corrected chi connectivity index (χ3v) is 4.67. The molecule has 4 rings (SSSR count). The lowest BCUT2D eigenvalue weighted by Crippen LogP contribution is -2.31. The van der Waals surface area contributed by atoms with Crippen LogP contribution in [-0.4, -0.2) is 35.1 Å². The van der Waals surface area contributed by atoms with Gasteiger partial charge in [-0.2, -0.15) is 0 Å². The van der Waals surface area contributed by atoms with Crippen molar-refractivity contribution in [1.82, 2.24) is 9.47 Å². The van der Waals surface area contributed by atoms with Gasteiger partial charge in [0.15, 0.2) is 11.5 Å². The second-order valence-electron chi connectivity index (χ2n) is 6.40. The van der Waals surface area contributed by atoms with Crippen LogP contribution in [0.1, 0.15) is 22.8 Å². The Kier molecular flexibility index (Phi) is 4.83. The molecule has 1 amide bonds. The molecule has 5 heteroatoms. The van der Waals surface area contributed by atoms with Crippen LogP contribution < -0.4 is 9.47 Å². The third kappa shape index (κ3) is 3.53. The van der Waals surface area contributed by atoms with Crippen LogP contribution in [0.15, 0.2) is 67.0 Å². The van der Waals surface area contributed by atoms with E-state index in [2.05, 4.69) is 0 Å². The average molecular weight is 362 g/mol. The quantitative estimate of drug-likeness (QED) is 0.691. The highest BCUT2D eigenvalue weighted by atomic mass is 16.6. The first kappa shape index (κ1) is 17.2. The van der Waals surface area contributed by atoms with Gasteiger partial charge in [0.05, 0.1) is 0 Å². The number of hydrogen-bond donors (Lipinski definition) is 0. The van der Waals surface area contributed by atoms with Gasteiger partial charge in [0, 0.05) is 42.3 Å². The maximum Gasteiger partial charge on any atom is 0.254 e. The summed E-state index contributed by atoms with van der Waals surface area (Å²) in [6, 6.07) is 17.4. The van der Waals surface area contributed by atoms with Gasteiger partial charge in [0.1, 0.15) is 13.2 Å². The molecule has 0 N–H and O–H groups in total. The van der Waals surface area contributed by atoms with Gasteiger partial charge in [-0.05, 0) is 43.3 Å². The molecule has 3 aromatic rings. The summed E-state index contributed by atoms with van der Waals surface area (Å²) in [5.74, 6) is 1.49. The average Bonchev–Trinajstić information content (AvgIpc) is 3.27. The standard InChI is InChI=1S/C22H22N2O3/c1-2-23(16-18-8-6-10-20-21(18)27-14-13-26-20)22(25)17-7-5-9-19(15-17)24-11-3-4-12-24/h3-12,15H,2,13-14,16H2,1H3. The highest BCUT2D eigenvalue weighted by molar-refractivity contribution is 5.94. The molecule has 1 aromatic heterocycles. The molecule has 0 aliphatic carbocycles. The highest BCUT2D eigenvalue weighted by Gasteiger charge is 2.20. The zero-order valence-corrected chi connectivity index (χ0v) is 15.3. The van der Waals surface area contributed by atoms with Crippen molar-refractivity contribution in [3.63, 3.8) is 0 Å². The van der Waals surface area contributed by atoms with E-state index in [-0.39, 0.29) is 5.91 Å². The first-order valence-electron chi connectivity index (χ1n) is 9.16. The van der Waals surface area contributed by atoms with Gasteiger partial charge in [-0.25, -0.2) is 0 Å². The molecule has 0 bridgehead atoms. The Morgan fingerprint density at radius 3 is 2.63 bits per heavy atom. The monoisotopic (exact) mass is 362 g/mol. The SMILES string of the molecule is CCN(Cc1cccc2c1OCCO2)C(=O)c1cccc(-n2cccc2)c1. The summed E-state index contributed by atoms with van der Waals surface area (Å²) in [4.78, 5) is 14.9. The van der Waals surface area contributed by atoms with Crippen molar-refractivity contribution in [1.29, 1.82) is 0 Å². The summed E-state index contributed by atoms with van der Waals surface area (Å²) in [6.07, 6.45) is 3.93. The number of para-hydroxylation sites is 1. The Bertz CT molecular complexity index is 934. The van der Waals surface area contributed by atoms with Crippen molar-refractivity contribution in [2.75, 3.05) is 19.8 Å². The van der Waals surface area contributed by atoms with Crippen LogP contribution in [0.2, 0.25) is 0 Å². The topological polar surface area (TPSA) is 43.7 Å². The van der Waals surface area contributed by atoms with Gasteiger partial charge >= 0.3 is 0 Å². The maximum atomic E-state index is 13.1. The molecule has 0 unspecified atom stereocenters. The minimum absolute atomic E-state index is 0.000775. The van der Waals surface area contributed by atoms with Crippen LogP contribution in [0, 0.1) is 0 Å². The molecule has 5 nitrogen and oxygen atoms in total.